The zero-order valence-corrected chi connectivity index (χ0v) is 55.1. The highest BCUT2D eigenvalue weighted by Crippen LogP contribution is 2.50. The second kappa shape index (κ2) is 30.9. The van der Waals surface area contributed by atoms with Crippen LogP contribution in [0.1, 0.15) is 84.8 Å². The van der Waals surface area contributed by atoms with Crippen molar-refractivity contribution in [2.24, 2.45) is 11.7 Å². The molecular weight excluding hydrogens is 1400 g/mol. The summed E-state index contributed by atoms with van der Waals surface area (Å²) in [4.78, 5) is 128. The zero-order chi connectivity index (χ0) is 74.2. The van der Waals surface area contributed by atoms with Gasteiger partial charge in [-0.05, 0) is 96.2 Å². The highest BCUT2D eigenvalue weighted by molar-refractivity contribution is 6.32. The fraction of sp³-hybridized carbons (Fsp3) is 0.400. The van der Waals surface area contributed by atoms with Crippen LogP contribution in [-0.4, -0.2) is 214 Å². The van der Waals surface area contributed by atoms with E-state index in [4.69, 9.17) is 57.4 Å². The zero-order valence-electron chi connectivity index (χ0n) is 53.6. The van der Waals surface area contributed by atoms with Crippen LogP contribution in [0.5, 0.6) is 46.0 Å². The van der Waals surface area contributed by atoms with Gasteiger partial charge in [0.1, 0.15) is 120 Å². The van der Waals surface area contributed by atoms with Gasteiger partial charge in [-0.1, -0.05) is 55.2 Å². The first-order valence-electron chi connectivity index (χ1n) is 31.3. The van der Waals surface area contributed by atoms with Gasteiger partial charge < -0.3 is 137 Å². The van der Waals surface area contributed by atoms with Crippen LogP contribution in [0, 0.1) is 5.92 Å². The number of nitrogens with two attached hydrogens (primary N) is 1. The third-order valence-electron chi connectivity index (χ3n) is 17.4. The van der Waals surface area contributed by atoms with Crippen molar-refractivity contribution in [2.75, 3.05) is 13.7 Å². The SMILES string of the molecule is CN[C@H](CC(C)C)C(=O)NC1C(=O)NC(CC(N)=O)C(=O)NC2C(=O)N[C@H]3C(=O)N[C@H](C(=O)NC(C(=O)O)c4cc(O)cc(O)c4-c4cc3ccc4O)[C@H](O)c3ccc(c(Cl)c3)Oc3cc2cc(c3O[C@@H]2O[C@H](CO)C(O[C@@H]3O[C@H](C=O)[C@H](O)[C@H](O)C3O)[C@H](O)C2O)Oc2ccc(cc2Cl)C1O. The monoisotopic (exact) mass is 1460 g/mol. The highest BCUT2D eigenvalue weighted by Gasteiger charge is 2.52. The number of aldehydes is 1. The van der Waals surface area contributed by atoms with E-state index in [1.54, 1.807) is 13.8 Å². The molecule has 102 heavy (non-hydrogen) atoms. The smallest absolute Gasteiger partial charge is 0.330 e. The maximum absolute atomic E-state index is 15.9. The maximum atomic E-state index is 15.9. The first-order chi connectivity index (χ1) is 48.3. The average molecular weight is 1470 g/mol. The minimum absolute atomic E-state index is 0.0802. The standard InChI is InChI=1S/C65H70Cl2N8O27/c1-21(2)10-31(69-3)57(89)74-46-48(82)23-5-8-35(29(66)12-23)97-37-14-25-15-38(55(37)101-65-54(88)52(86)56(40(20-77)100-65)102-64-53(87)51(85)50(84)39(19-76)99-64)98-36-9-6-24(13-30(36)67)49(83)47-62(94)73-45(63(95)96)28-16-26(78)17-34(80)42(28)27-11-22(4-7-33(27)79)43(59(91)75-47)72-60(92)44(25)71-58(90)32(18-41(68)81)70-61(46)93/h4-9,11-17,19,21,31-32,39-40,43-54,56,64-65,69,77-80,82-88H,10,18,20H2,1-3H3,(H2,68,81)(H,70,93)(H,71,90)(H,72,92)(H,73,94)(H,74,89)(H,75,91)(H,95,96)/t31-,32?,39-,40-,43-,44?,45?,46?,47+,48?,49-,50+,51+,52-,53?,54?,56?,64+,65+/m1/s1. The molecule has 0 saturated carbocycles. The van der Waals surface area contributed by atoms with Gasteiger partial charge in [0, 0.05) is 22.8 Å². The van der Waals surface area contributed by atoms with E-state index >= 15 is 14.4 Å². The molecule has 12 rings (SSSR count). The predicted octanol–water partition coefficient (Wildman–Crippen LogP) is -2.10. The van der Waals surface area contributed by atoms with Gasteiger partial charge in [-0.25, -0.2) is 4.79 Å². The van der Waals surface area contributed by atoms with E-state index in [9.17, 15) is 90.0 Å². The van der Waals surface area contributed by atoms with E-state index < -0.39 is 255 Å². The Bertz CT molecular complexity index is 4110. The van der Waals surface area contributed by atoms with E-state index in [1.807, 2.05) is 0 Å². The van der Waals surface area contributed by atoms with Crippen LogP contribution in [0.4, 0.5) is 0 Å². The van der Waals surface area contributed by atoms with Gasteiger partial charge in [-0.3, -0.25) is 33.6 Å². The molecule has 8 unspecified atom stereocenters. The Morgan fingerprint density at radius 3 is 1.83 bits per heavy atom. The number of phenolic OH excluding ortho intramolecular Hbond substituents is 3. The van der Waals surface area contributed by atoms with E-state index in [0.29, 0.717) is 0 Å². The summed E-state index contributed by atoms with van der Waals surface area (Å²) in [6, 6.07) is -1.45. The molecule has 35 nitrogen and oxygen atoms in total. The summed E-state index contributed by atoms with van der Waals surface area (Å²) in [5.74, 6) is -16.7. The number of carboxylic acids is 1. The molecule has 0 aliphatic carbocycles. The van der Waals surface area contributed by atoms with Crippen molar-refractivity contribution in [2.45, 2.75) is 143 Å². The Labute approximate surface area is 586 Å². The molecule has 7 aliphatic heterocycles. The third kappa shape index (κ3) is 15.6. The minimum atomic E-state index is -2.39. The van der Waals surface area contributed by atoms with E-state index in [1.165, 1.54) is 13.1 Å². The summed E-state index contributed by atoms with van der Waals surface area (Å²) in [7, 11) is 1.45. The normalized spacial score (nSPS) is 29.2. The topological polar surface area (TPSA) is 562 Å². The van der Waals surface area contributed by atoms with Crippen molar-refractivity contribution in [1.29, 1.82) is 0 Å². The number of amides is 7. The third-order valence-corrected chi connectivity index (χ3v) is 18.0. The van der Waals surface area contributed by atoms with Crippen LogP contribution in [0.25, 0.3) is 11.1 Å². The molecule has 0 spiro atoms. The lowest BCUT2D eigenvalue weighted by Gasteiger charge is -2.45. The summed E-state index contributed by atoms with van der Waals surface area (Å²) < 4.78 is 36.4. The van der Waals surface area contributed by atoms with Crippen LogP contribution in [-0.2, 0) is 57.4 Å². The number of primary amides is 1. The molecular formula is C65H70Cl2N8O27. The van der Waals surface area contributed by atoms with Gasteiger partial charge >= 0.3 is 5.97 Å². The Balaban J connectivity index is 1.20. The Morgan fingerprint density at radius 1 is 0.647 bits per heavy atom. The number of halogens is 2. The van der Waals surface area contributed by atoms with E-state index in [2.05, 4.69) is 37.2 Å². The number of likely N-dealkylation sites (N-methyl/N-ethyl adjacent to an activating group) is 1. The van der Waals surface area contributed by atoms with Gasteiger partial charge in [0.05, 0.1) is 29.1 Å². The van der Waals surface area contributed by atoms with Gasteiger partial charge in [0.25, 0.3) is 0 Å². The Morgan fingerprint density at radius 2 is 1.25 bits per heavy atom. The number of aliphatic hydroxyl groups excluding tert-OH is 8. The summed E-state index contributed by atoms with van der Waals surface area (Å²) in [5.41, 5.74) is 2.63. The average Bonchev–Trinajstić information content (AvgIpc) is 0.769. The summed E-state index contributed by atoms with van der Waals surface area (Å²) in [6.45, 7) is 2.48. The lowest BCUT2D eigenvalue weighted by Crippen LogP contribution is -2.65. The van der Waals surface area contributed by atoms with Crippen molar-refractivity contribution in [3.8, 4) is 57.1 Å². The van der Waals surface area contributed by atoms with E-state index in [0.717, 1.165) is 72.8 Å². The van der Waals surface area contributed by atoms with Crippen LogP contribution in [0.3, 0.4) is 0 Å². The molecule has 7 amide bonds. The first kappa shape index (κ1) is 75.1. The number of hydrogen-bond acceptors (Lipinski definition) is 27. The van der Waals surface area contributed by atoms with Crippen molar-refractivity contribution in [3.63, 3.8) is 0 Å². The summed E-state index contributed by atoms with van der Waals surface area (Å²) in [6.07, 6.45) is -25.9. The molecule has 7 heterocycles. The number of carbonyl (C=O) groups is 9. The first-order valence-corrected chi connectivity index (χ1v) is 32.0. The summed E-state index contributed by atoms with van der Waals surface area (Å²) in [5, 5.41) is 151. The number of aliphatic carboxylic acids is 1. The highest BCUT2D eigenvalue weighted by atomic mass is 35.5. The minimum Gasteiger partial charge on any atom is -0.508 e. The number of carboxylic acid groups (broad SMARTS) is 1. The lowest BCUT2D eigenvalue weighted by atomic mass is 9.89. The molecule has 0 aromatic heterocycles. The van der Waals surface area contributed by atoms with Gasteiger partial charge in [-0.2, -0.15) is 0 Å². The number of aromatic hydroxyl groups is 3. The fourth-order valence-corrected chi connectivity index (χ4v) is 12.6. The van der Waals surface area contributed by atoms with Crippen LogP contribution >= 0.6 is 23.2 Å². The number of ether oxygens (including phenoxy) is 6. The number of rotatable bonds is 14. The number of aliphatic hydroxyl groups is 8. The van der Waals surface area contributed by atoms with Crippen molar-refractivity contribution < 1.29 is 133 Å². The second-order valence-corrected chi connectivity index (χ2v) is 25.7. The number of hydrogen-bond donors (Lipinski definition) is 20. The van der Waals surface area contributed by atoms with Crippen molar-refractivity contribution >= 4 is 76.8 Å². The number of benzene rings is 5. The molecule has 21 N–H and O–H groups in total. The molecule has 5 aromatic carbocycles. The van der Waals surface area contributed by atoms with Gasteiger partial charge in [0.2, 0.25) is 53.4 Å². The van der Waals surface area contributed by atoms with Gasteiger partial charge in [0.15, 0.2) is 30.1 Å². The fourth-order valence-electron chi connectivity index (χ4n) is 12.1. The van der Waals surface area contributed by atoms with Crippen LogP contribution in [0.15, 0.2) is 78.9 Å². The largest absolute Gasteiger partial charge is 0.508 e. The Kier molecular flexibility index (Phi) is 22.8. The summed E-state index contributed by atoms with van der Waals surface area (Å²) >= 11 is 14.0. The molecule has 37 heteroatoms. The van der Waals surface area contributed by atoms with Crippen LogP contribution < -0.4 is 57.2 Å². The molecule has 11 bridgehead atoms. The molecule has 546 valence electrons. The van der Waals surface area contributed by atoms with E-state index in [-0.39, 0.29) is 35.3 Å². The van der Waals surface area contributed by atoms with Crippen molar-refractivity contribution in [3.05, 3.63) is 117 Å². The maximum Gasteiger partial charge on any atom is 0.330 e. The number of fused-ring (bicyclic) bond motifs is 15. The Hall–Kier alpha value is -9.57. The molecule has 5 aromatic rings. The molecule has 2 fully saturated rings. The predicted molar refractivity (Wildman–Crippen MR) is 344 cm³/mol. The van der Waals surface area contributed by atoms with Gasteiger partial charge in [-0.15, -0.1) is 0 Å². The number of nitrogens with one attached hydrogen (secondary N) is 7. The van der Waals surface area contributed by atoms with Crippen molar-refractivity contribution in [1.82, 2.24) is 37.2 Å². The van der Waals surface area contributed by atoms with Crippen LogP contribution in [0.2, 0.25) is 10.0 Å². The number of carbonyl (C=O) groups excluding carboxylic acids is 8. The lowest BCUT2D eigenvalue weighted by molar-refractivity contribution is -0.346. The molecule has 0 radical (unpaired) electrons. The molecule has 2 saturated heterocycles. The molecule has 19 atom stereocenters. The molecule has 7 aliphatic rings. The number of phenols is 3. The second-order valence-electron chi connectivity index (χ2n) is 24.9. The quantitative estimate of drug-likeness (QED) is 0.0530.